The largest absolute Gasteiger partial charge is 0.366 e. The van der Waals surface area contributed by atoms with E-state index < -0.39 is 5.91 Å². The Kier molecular flexibility index (Phi) is 20.9. The van der Waals surface area contributed by atoms with E-state index in [9.17, 15) is 14.4 Å². The number of carbonyl (C=O) groups excluding carboxylic acids is 3. The van der Waals surface area contributed by atoms with Crippen LogP contribution in [0.5, 0.6) is 0 Å². The molecule has 0 atom stereocenters. The van der Waals surface area contributed by atoms with Gasteiger partial charge in [0.1, 0.15) is 0 Å². The first-order valence-corrected chi connectivity index (χ1v) is 18.6. The van der Waals surface area contributed by atoms with Gasteiger partial charge in [-0.3, -0.25) is 19.4 Å². The highest BCUT2D eigenvalue weighted by molar-refractivity contribution is 9.10. The third kappa shape index (κ3) is 16.1. The van der Waals surface area contributed by atoms with E-state index in [2.05, 4.69) is 42.2 Å². The summed E-state index contributed by atoms with van der Waals surface area (Å²) in [5, 5.41) is 14.1. The van der Waals surface area contributed by atoms with Gasteiger partial charge in [-0.1, -0.05) is 122 Å². The summed E-state index contributed by atoms with van der Waals surface area (Å²) >= 11 is 3.28. The third-order valence-electron chi connectivity index (χ3n) is 7.17. The molecule has 5 rings (SSSR count). The molecule has 0 saturated carbocycles. The molecule has 0 spiro atoms. The molecular weight excluding hydrogens is 730 g/mol. The monoisotopic (exact) mass is 781 g/mol. The van der Waals surface area contributed by atoms with Gasteiger partial charge in [-0.2, -0.15) is 0 Å². The van der Waals surface area contributed by atoms with Gasteiger partial charge in [0.2, 0.25) is 5.91 Å². The van der Waals surface area contributed by atoms with Crippen molar-refractivity contribution in [3.05, 3.63) is 142 Å². The number of nitrogens with one attached hydrogen (secondary N) is 4. The van der Waals surface area contributed by atoms with E-state index in [1.165, 1.54) is 5.56 Å². The fourth-order valence-corrected chi connectivity index (χ4v) is 5.06. The number of nitrogens with zero attached hydrogens (tertiary/aromatic N) is 1. The third-order valence-corrected chi connectivity index (χ3v) is 7.66. The van der Waals surface area contributed by atoms with E-state index in [0.29, 0.717) is 49.8 Å². The standard InChI is InChI=1S/C20H27N5O.C18H13BrN2O2.2C2H6/c21-13-14-23-20(25-18-9-5-2-6-10-18)24-16-15-22-19(26)12-11-17-7-3-1-4-8-17;19-14-7-8-16(15(10-14)17(20)22)21-18(23)13-6-5-11-3-1-2-4-12(11)9-13;2*1-2/h1-10H,11-16,21H2,(H,22,26)(H2,23,24,25);1-10H,(H2,20,22)(H,21,23);2*1-2H3. The number of fused-ring (bicyclic) bond motifs is 1. The van der Waals surface area contributed by atoms with Crippen LogP contribution in [0.2, 0.25) is 0 Å². The lowest BCUT2D eigenvalue weighted by Gasteiger charge is -2.13. The van der Waals surface area contributed by atoms with Crippen LogP contribution in [-0.4, -0.2) is 49.9 Å². The van der Waals surface area contributed by atoms with Gasteiger partial charge >= 0.3 is 0 Å². The molecule has 0 aliphatic heterocycles. The maximum Gasteiger partial charge on any atom is 0.255 e. The number of hydrogen-bond donors (Lipinski definition) is 6. The number of aryl methyl sites for hydroxylation is 1. The molecule has 0 radical (unpaired) electrons. The molecule has 5 aromatic rings. The van der Waals surface area contributed by atoms with Crippen LogP contribution in [0.4, 0.5) is 11.4 Å². The van der Waals surface area contributed by atoms with Crippen molar-refractivity contribution in [2.75, 3.05) is 36.8 Å². The quantitative estimate of drug-likeness (QED) is 0.0431. The average Bonchev–Trinajstić information content (AvgIpc) is 3.20. The van der Waals surface area contributed by atoms with E-state index in [0.717, 1.165) is 27.4 Å². The fourth-order valence-electron chi connectivity index (χ4n) is 4.70. The molecule has 11 heteroatoms. The minimum atomic E-state index is -0.597. The molecule has 0 aliphatic carbocycles. The van der Waals surface area contributed by atoms with Gasteiger partial charge in [-0.25, -0.2) is 0 Å². The Labute approximate surface area is 322 Å². The van der Waals surface area contributed by atoms with Crippen LogP contribution in [0.15, 0.2) is 131 Å². The second-order valence-corrected chi connectivity index (χ2v) is 11.8. The van der Waals surface area contributed by atoms with Crippen molar-refractivity contribution >= 4 is 61.8 Å². The normalized spacial score (nSPS) is 10.2. The Morgan fingerprint density at radius 3 is 1.98 bits per heavy atom. The van der Waals surface area contributed by atoms with E-state index in [-0.39, 0.29) is 17.4 Å². The first-order chi connectivity index (χ1) is 25.8. The summed E-state index contributed by atoms with van der Waals surface area (Å²) in [6.07, 6.45) is 1.24. The Hall–Kier alpha value is -5.52. The van der Waals surface area contributed by atoms with Gasteiger partial charge in [0.05, 0.1) is 17.8 Å². The number of amides is 3. The van der Waals surface area contributed by atoms with Crippen LogP contribution < -0.4 is 32.7 Å². The van der Waals surface area contributed by atoms with Gasteiger partial charge in [-0.15, -0.1) is 0 Å². The van der Waals surface area contributed by atoms with Crippen molar-refractivity contribution in [2.45, 2.75) is 40.5 Å². The van der Waals surface area contributed by atoms with Crippen LogP contribution in [0, 0.1) is 0 Å². The van der Waals surface area contributed by atoms with Crippen LogP contribution >= 0.6 is 15.9 Å². The topological polar surface area (TPSA) is 164 Å². The molecule has 8 N–H and O–H groups in total. The predicted octanol–water partition coefficient (Wildman–Crippen LogP) is 7.76. The summed E-state index contributed by atoms with van der Waals surface area (Å²) in [7, 11) is 0. The van der Waals surface area contributed by atoms with E-state index in [1.54, 1.807) is 24.3 Å². The molecule has 280 valence electrons. The van der Waals surface area contributed by atoms with Crippen LogP contribution in [0.3, 0.4) is 0 Å². The van der Waals surface area contributed by atoms with E-state index >= 15 is 0 Å². The van der Waals surface area contributed by atoms with Crippen molar-refractivity contribution < 1.29 is 14.4 Å². The van der Waals surface area contributed by atoms with Crippen LogP contribution in [-0.2, 0) is 11.2 Å². The van der Waals surface area contributed by atoms with E-state index in [4.69, 9.17) is 11.5 Å². The smallest absolute Gasteiger partial charge is 0.255 e. The molecule has 0 aromatic heterocycles. The minimum Gasteiger partial charge on any atom is -0.366 e. The first-order valence-electron chi connectivity index (χ1n) is 17.8. The zero-order valence-electron chi connectivity index (χ0n) is 31.0. The van der Waals surface area contributed by atoms with Gasteiger partial charge < -0.3 is 32.7 Å². The minimum absolute atomic E-state index is 0.0483. The number of aliphatic imine (C=N–C) groups is 1. The molecular formula is C42H52BrN7O3. The molecule has 0 aliphatic rings. The van der Waals surface area contributed by atoms with E-state index in [1.807, 2.05) is 125 Å². The fraction of sp³-hybridized carbons (Fsp3) is 0.238. The summed E-state index contributed by atoms with van der Waals surface area (Å²) < 4.78 is 0.718. The molecule has 0 bridgehead atoms. The maximum atomic E-state index is 12.4. The summed E-state index contributed by atoms with van der Waals surface area (Å²) in [4.78, 5) is 40.3. The van der Waals surface area contributed by atoms with Crippen molar-refractivity contribution in [1.82, 2.24) is 10.6 Å². The molecule has 0 fully saturated rings. The van der Waals surface area contributed by atoms with Gasteiger partial charge in [-0.05, 0) is 65.2 Å². The SMILES string of the molecule is CC.CC.NC(=O)c1cc(Br)ccc1NC(=O)c1ccc2ccccc2c1.NCCN=C(NCCNC(=O)CCc1ccccc1)Nc1ccccc1. The Morgan fingerprint density at radius 2 is 1.32 bits per heavy atom. The van der Waals surface area contributed by atoms with Crippen LogP contribution in [0.1, 0.15) is 60.4 Å². The lowest BCUT2D eigenvalue weighted by Crippen LogP contribution is -2.38. The zero-order valence-corrected chi connectivity index (χ0v) is 32.6. The molecule has 0 heterocycles. The molecule has 5 aromatic carbocycles. The molecule has 0 saturated heterocycles. The Bertz CT molecular complexity index is 1870. The summed E-state index contributed by atoms with van der Waals surface area (Å²) in [6.45, 7) is 10.1. The van der Waals surface area contributed by atoms with Crippen molar-refractivity contribution in [3.8, 4) is 0 Å². The number of benzene rings is 5. The molecule has 53 heavy (non-hydrogen) atoms. The Morgan fingerprint density at radius 1 is 0.698 bits per heavy atom. The highest BCUT2D eigenvalue weighted by Gasteiger charge is 2.13. The second kappa shape index (κ2) is 25.4. The van der Waals surface area contributed by atoms with Crippen molar-refractivity contribution in [1.29, 1.82) is 0 Å². The number of carbonyl (C=O) groups is 3. The van der Waals surface area contributed by atoms with Crippen LogP contribution in [0.25, 0.3) is 10.8 Å². The second-order valence-electron chi connectivity index (χ2n) is 10.8. The maximum absolute atomic E-state index is 12.4. The number of hydrogen-bond acceptors (Lipinski definition) is 5. The lowest BCUT2D eigenvalue weighted by molar-refractivity contribution is -0.121. The highest BCUT2D eigenvalue weighted by Crippen LogP contribution is 2.22. The average molecular weight is 783 g/mol. The predicted molar refractivity (Wildman–Crippen MR) is 224 cm³/mol. The number of primary amides is 1. The number of rotatable bonds is 12. The van der Waals surface area contributed by atoms with Gasteiger partial charge in [0.15, 0.2) is 5.96 Å². The first kappa shape index (κ1) is 43.6. The number of guanidine groups is 1. The molecule has 0 unspecified atom stereocenters. The molecule has 10 nitrogen and oxygen atoms in total. The van der Waals surface area contributed by atoms with Gasteiger partial charge in [0, 0.05) is 41.8 Å². The summed E-state index contributed by atoms with van der Waals surface area (Å²) in [6, 6.07) is 38.0. The van der Waals surface area contributed by atoms with Crippen molar-refractivity contribution in [2.24, 2.45) is 16.5 Å². The lowest BCUT2D eigenvalue weighted by atomic mass is 10.1. The number of para-hydroxylation sites is 1. The number of anilines is 2. The van der Waals surface area contributed by atoms with Crippen molar-refractivity contribution in [3.63, 3.8) is 0 Å². The number of nitrogens with two attached hydrogens (primary N) is 2. The van der Waals surface area contributed by atoms with Gasteiger partial charge in [0.25, 0.3) is 11.8 Å². The number of halogens is 1. The zero-order chi connectivity index (χ0) is 38.8. The summed E-state index contributed by atoms with van der Waals surface area (Å²) in [5.74, 6) is -0.187. The summed E-state index contributed by atoms with van der Waals surface area (Å²) in [5.41, 5.74) is 14.2. The Balaban J connectivity index is 0.000000337. The highest BCUT2D eigenvalue weighted by atomic mass is 79.9. The molecule has 3 amide bonds.